The van der Waals surface area contributed by atoms with Crippen LogP contribution in [-0.2, 0) is 41.4 Å². The number of phenolic OH excluding ortho intramolecular Hbond substituents is 2. The molecule has 2 fully saturated rings. The molecule has 12 nitrogen and oxygen atoms in total. The molecule has 0 aromatic heterocycles. The van der Waals surface area contributed by atoms with E-state index in [-0.39, 0.29) is 42.2 Å². The van der Waals surface area contributed by atoms with Crippen molar-refractivity contribution in [3.8, 4) is 23.0 Å². The molecule has 2 heterocycles. The molecule has 0 radical (unpaired) electrons. The lowest BCUT2D eigenvalue weighted by Gasteiger charge is -2.16. The first kappa shape index (κ1) is 39.2. The highest BCUT2D eigenvalue weighted by atomic mass is 16.7. The van der Waals surface area contributed by atoms with Crippen LogP contribution in [-0.4, -0.2) is 86.6 Å². The van der Waals surface area contributed by atoms with Crippen LogP contribution in [0, 0.1) is 0 Å². The van der Waals surface area contributed by atoms with E-state index in [9.17, 15) is 19.2 Å². The molecule has 0 bridgehead atoms. The van der Waals surface area contributed by atoms with Gasteiger partial charge in [0.2, 0.25) is 0 Å². The van der Waals surface area contributed by atoms with E-state index in [0.717, 1.165) is 30.1 Å². The number of fused-ring (bicyclic) bond motifs is 1. The van der Waals surface area contributed by atoms with Gasteiger partial charge in [-0.2, -0.15) is 0 Å². The molecule has 4 aromatic carbocycles. The molecule has 52 heavy (non-hydrogen) atoms. The van der Waals surface area contributed by atoms with Gasteiger partial charge in [-0.1, -0.05) is 24.3 Å². The summed E-state index contributed by atoms with van der Waals surface area (Å²) >= 11 is 0. The van der Waals surface area contributed by atoms with Gasteiger partial charge in [0.15, 0.2) is 6.10 Å². The zero-order valence-corrected chi connectivity index (χ0v) is 28.9. The molecule has 2 aliphatic rings. The minimum Gasteiger partial charge on any atom is -0.508 e. The fourth-order valence-electron chi connectivity index (χ4n) is 5.26. The second-order valence-electron chi connectivity index (χ2n) is 11.7. The van der Waals surface area contributed by atoms with Gasteiger partial charge in [-0.05, 0) is 96.8 Å². The van der Waals surface area contributed by atoms with Crippen molar-refractivity contribution in [1.29, 1.82) is 0 Å². The van der Waals surface area contributed by atoms with Gasteiger partial charge in [-0.25, -0.2) is 4.79 Å². The van der Waals surface area contributed by atoms with E-state index in [1.54, 1.807) is 99.1 Å². The smallest absolute Gasteiger partial charge is 0.338 e. The number of aromatic hydroxyl groups is 2. The molecule has 6 rings (SSSR count). The lowest BCUT2D eigenvalue weighted by atomic mass is 10.1. The van der Waals surface area contributed by atoms with Gasteiger partial charge in [0.05, 0.1) is 25.9 Å². The summed E-state index contributed by atoms with van der Waals surface area (Å²) in [6, 6.07) is 26.7. The number of rotatable bonds is 12. The number of ether oxygens (including phenoxy) is 6. The van der Waals surface area contributed by atoms with Crippen LogP contribution in [0.5, 0.6) is 23.0 Å². The summed E-state index contributed by atoms with van der Waals surface area (Å²) < 4.78 is 32.2. The van der Waals surface area contributed by atoms with Crippen molar-refractivity contribution in [2.75, 3.05) is 27.4 Å². The maximum atomic E-state index is 12.1. The molecule has 4 aromatic rings. The molecular formula is C40H42O12. The molecule has 0 saturated carbocycles. The Bertz CT molecular complexity index is 1700. The summed E-state index contributed by atoms with van der Waals surface area (Å²) in [7, 11) is 3.20. The summed E-state index contributed by atoms with van der Waals surface area (Å²) in [5, 5.41) is 18.1. The molecule has 0 amide bonds. The minimum absolute atomic E-state index is 0.0975. The number of phenols is 2. The van der Waals surface area contributed by atoms with Crippen molar-refractivity contribution in [2.45, 2.75) is 50.1 Å². The maximum Gasteiger partial charge on any atom is 0.338 e. The Balaban J connectivity index is 0.000000183. The highest BCUT2D eigenvalue weighted by Gasteiger charge is 2.49. The molecular weight excluding hydrogens is 672 g/mol. The molecule has 274 valence electrons. The second kappa shape index (κ2) is 20.3. The molecule has 12 heteroatoms. The summed E-state index contributed by atoms with van der Waals surface area (Å²) in [6.07, 6.45) is 2.81. The Morgan fingerprint density at radius 3 is 1.79 bits per heavy atom. The summed E-state index contributed by atoms with van der Waals surface area (Å²) in [5.41, 5.74) is 3.04. The minimum atomic E-state index is -0.398. The predicted molar refractivity (Wildman–Crippen MR) is 189 cm³/mol. The van der Waals surface area contributed by atoms with Crippen LogP contribution in [0.25, 0.3) is 0 Å². The standard InChI is InChI=1S/C16H14O4.C15H18O6.C9H10O2/c17-11-13-3-8-15(9-4-13)20-16(19)10-5-12-1-6-14(18)7-2-12;1-17-10-5-3-9(4-6-10)15(16)21-12-8-20-13-11(18-2)7-19-14(12)13;10-7-1-2-8-3-5-9(11)6-4-8/h1-4,6-9,11,18H,5,10H2;3-6,11-14H,7-8H2,1-2H3;3-7,11H,1-2H2. The third kappa shape index (κ3) is 12.0. The zero-order valence-electron chi connectivity index (χ0n) is 28.9. The fraction of sp³-hybridized carbons (Fsp3) is 0.300. The Morgan fingerprint density at radius 1 is 0.712 bits per heavy atom. The Hall–Kier alpha value is -5.56. The van der Waals surface area contributed by atoms with Crippen molar-refractivity contribution >= 4 is 24.5 Å². The van der Waals surface area contributed by atoms with Gasteiger partial charge in [-0.3, -0.25) is 9.59 Å². The lowest BCUT2D eigenvalue weighted by molar-refractivity contribution is -0.134. The van der Waals surface area contributed by atoms with Crippen molar-refractivity contribution in [2.24, 2.45) is 0 Å². The number of benzene rings is 4. The van der Waals surface area contributed by atoms with Crippen molar-refractivity contribution in [3.05, 3.63) is 119 Å². The average molecular weight is 715 g/mol. The summed E-state index contributed by atoms with van der Waals surface area (Å²) in [6.45, 7) is 0.791. The second-order valence-corrected chi connectivity index (χ2v) is 11.7. The van der Waals surface area contributed by atoms with Crippen LogP contribution < -0.4 is 9.47 Å². The first-order chi connectivity index (χ1) is 25.2. The van der Waals surface area contributed by atoms with Gasteiger partial charge in [-0.15, -0.1) is 0 Å². The normalized spacial score (nSPS) is 18.3. The highest BCUT2D eigenvalue weighted by Crippen LogP contribution is 2.30. The van der Waals surface area contributed by atoms with E-state index < -0.39 is 12.1 Å². The first-order valence-corrected chi connectivity index (χ1v) is 16.6. The number of carbonyl (C=O) groups excluding carboxylic acids is 4. The monoisotopic (exact) mass is 714 g/mol. The maximum absolute atomic E-state index is 12.1. The predicted octanol–water partition coefficient (Wildman–Crippen LogP) is 5.30. The number of methoxy groups -OCH3 is 2. The molecule has 2 N–H and O–H groups in total. The third-order valence-electron chi connectivity index (χ3n) is 8.14. The van der Waals surface area contributed by atoms with E-state index >= 15 is 0 Å². The first-order valence-electron chi connectivity index (χ1n) is 16.6. The molecule has 2 saturated heterocycles. The fourth-order valence-corrected chi connectivity index (χ4v) is 5.26. The molecule has 4 unspecified atom stereocenters. The van der Waals surface area contributed by atoms with Gasteiger partial charge in [0.25, 0.3) is 0 Å². The number of aldehydes is 2. The lowest BCUT2D eigenvalue weighted by Crippen LogP contribution is -2.34. The third-order valence-corrected chi connectivity index (χ3v) is 8.14. The van der Waals surface area contributed by atoms with E-state index in [4.69, 9.17) is 38.6 Å². The van der Waals surface area contributed by atoms with Crippen molar-refractivity contribution in [3.63, 3.8) is 0 Å². The van der Waals surface area contributed by atoms with Crippen LogP contribution in [0.1, 0.15) is 44.7 Å². The number of hydrogen-bond acceptors (Lipinski definition) is 12. The van der Waals surface area contributed by atoms with Crippen LogP contribution in [0.3, 0.4) is 0 Å². The number of hydrogen-bond donors (Lipinski definition) is 2. The van der Waals surface area contributed by atoms with Crippen LogP contribution in [0.2, 0.25) is 0 Å². The number of esters is 2. The topological polar surface area (TPSA) is 164 Å². The quantitative estimate of drug-likeness (QED) is 0.111. The van der Waals surface area contributed by atoms with Crippen LogP contribution in [0.15, 0.2) is 97.1 Å². The SMILES string of the molecule is COc1ccc(C(=O)OC2COC3C(OC)COC23)cc1.O=CCCc1ccc(O)cc1.O=Cc1ccc(OC(=O)CCc2ccc(O)cc2)cc1. The molecule has 0 aliphatic carbocycles. The molecule has 2 aliphatic heterocycles. The van der Waals surface area contributed by atoms with E-state index in [0.29, 0.717) is 48.7 Å². The Labute approximate surface area is 301 Å². The van der Waals surface area contributed by atoms with E-state index in [1.807, 2.05) is 12.1 Å². The highest BCUT2D eigenvalue weighted by molar-refractivity contribution is 5.89. The average Bonchev–Trinajstić information content (AvgIpc) is 3.78. The largest absolute Gasteiger partial charge is 0.508 e. The van der Waals surface area contributed by atoms with Crippen LogP contribution >= 0.6 is 0 Å². The van der Waals surface area contributed by atoms with Crippen molar-refractivity contribution in [1.82, 2.24) is 0 Å². The van der Waals surface area contributed by atoms with Gasteiger partial charge in [0, 0.05) is 25.5 Å². The number of aryl methyl sites for hydroxylation is 2. The van der Waals surface area contributed by atoms with Gasteiger partial charge < -0.3 is 43.4 Å². The Kier molecular flexibility index (Phi) is 15.3. The van der Waals surface area contributed by atoms with Crippen LogP contribution in [0.4, 0.5) is 0 Å². The van der Waals surface area contributed by atoms with Gasteiger partial charge >= 0.3 is 11.9 Å². The zero-order chi connectivity index (χ0) is 37.3. The molecule has 4 atom stereocenters. The summed E-state index contributed by atoms with van der Waals surface area (Å²) in [4.78, 5) is 44.3. The van der Waals surface area contributed by atoms with E-state index in [1.165, 1.54) is 0 Å². The van der Waals surface area contributed by atoms with Crippen molar-refractivity contribution < 1.29 is 57.8 Å². The molecule has 0 spiro atoms. The van der Waals surface area contributed by atoms with E-state index in [2.05, 4.69) is 0 Å². The number of carbonyl (C=O) groups is 4. The Morgan fingerprint density at radius 2 is 1.25 bits per heavy atom. The summed E-state index contributed by atoms with van der Waals surface area (Å²) in [5.74, 6) is 0.851. The van der Waals surface area contributed by atoms with Gasteiger partial charge in [0.1, 0.15) is 53.9 Å².